The molecule has 0 aliphatic carbocycles. The quantitative estimate of drug-likeness (QED) is 0.649. The van der Waals surface area contributed by atoms with E-state index >= 15 is 0 Å². The summed E-state index contributed by atoms with van der Waals surface area (Å²) in [5.41, 5.74) is 1.87. The van der Waals surface area contributed by atoms with Gasteiger partial charge in [0.2, 0.25) is 5.91 Å². The van der Waals surface area contributed by atoms with Gasteiger partial charge >= 0.3 is 0 Å². The number of rotatable bonds is 7. The molecule has 3 aromatic rings. The zero-order valence-electron chi connectivity index (χ0n) is 14.8. The minimum atomic E-state index is -0.265. The van der Waals surface area contributed by atoms with Gasteiger partial charge in [-0.15, -0.1) is 10.2 Å². The average Bonchev–Trinajstić information content (AvgIpc) is 3.10. The maximum absolute atomic E-state index is 12.2. The van der Waals surface area contributed by atoms with E-state index in [1.54, 1.807) is 12.4 Å². The number of aromatic nitrogens is 4. The number of benzene rings is 1. The number of hydrogen-bond acceptors (Lipinski definition) is 5. The van der Waals surface area contributed by atoms with Gasteiger partial charge in [-0.25, -0.2) is 0 Å². The fraction of sp³-hybridized carbons (Fsp3) is 0.263. The summed E-state index contributed by atoms with van der Waals surface area (Å²) in [5, 5.41) is 12.1. The Kier molecular flexibility index (Phi) is 6.01. The van der Waals surface area contributed by atoms with E-state index in [-0.39, 0.29) is 11.2 Å². The molecule has 0 fully saturated rings. The maximum atomic E-state index is 12.2. The SMILES string of the molecule is CCCNC(=O)C(C)Sc1nnc(-c2ccncc2)n1-c1ccccc1. The van der Waals surface area contributed by atoms with Crippen molar-refractivity contribution in [3.63, 3.8) is 0 Å². The molecule has 1 amide bonds. The topological polar surface area (TPSA) is 72.7 Å². The van der Waals surface area contributed by atoms with Crippen LogP contribution in [0.4, 0.5) is 0 Å². The van der Waals surface area contributed by atoms with Crippen LogP contribution in [0.1, 0.15) is 20.3 Å². The van der Waals surface area contributed by atoms with Gasteiger partial charge in [0.05, 0.1) is 5.25 Å². The van der Waals surface area contributed by atoms with Crippen molar-refractivity contribution in [2.75, 3.05) is 6.54 Å². The number of pyridine rings is 1. The van der Waals surface area contributed by atoms with Crippen LogP contribution in [0.15, 0.2) is 60.0 Å². The van der Waals surface area contributed by atoms with Gasteiger partial charge in [0, 0.05) is 30.2 Å². The molecule has 0 saturated heterocycles. The molecule has 1 N–H and O–H groups in total. The van der Waals surface area contributed by atoms with E-state index in [0.717, 1.165) is 23.5 Å². The largest absolute Gasteiger partial charge is 0.355 e. The molecule has 0 aliphatic heterocycles. The van der Waals surface area contributed by atoms with Crippen LogP contribution in [0.5, 0.6) is 0 Å². The predicted octanol–water partition coefficient (Wildman–Crippen LogP) is 3.34. The van der Waals surface area contributed by atoms with Gasteiger partial charge in [0.15, 0.2) is 11.0 Å². The molecule has 1 unspecified atom stereocenters. The first-order chi connectivity index (χ1) is 12.7. The molecule has 134 valence electrons. The van der Waals surface area contributed by atoms with Crippen molar-refractivity contribution in [2.45, 2.75) is 30.7 Å². The number of nitrogens with zero attached hydrogens (tertiary/aromatic N) is 4. The molecule has 0 bridgehead atoms. The summed E-state index contributed by atoms with van der Waals surface area (Å²) in [6, 6.07) is 13.7. The predicted molar refractivity (Wildman–Crippen MR) is 103 cm³/mol. The Hall–Kier alpha value is -2.67. The Bertz CT molecular complexity index is 851. The molecule has 6 nitrogen and oxygen atoms in total. The second-order valence-electron chi connectivity index (χ2n) is 5.76. The number of hydrogen-bond donors (Lipinski definition) is 1. The van der Waals surface area contributed by atoms with Gasteiger partial charge in [0.25, 0.3) is 0 Å². The monoisotopic (exact) mass is 367 g/mol. The Balaban J connectivity index is 1.96. The summed E-state index contributed by atoms with van der Waals surface area (Å²) in [7, 11) is 0. The molecule has 2 heterocycles. The molecule has 0 aliphatic rings. The number of para-hydroxylation sites is 1. The first-order valence-corrected chi connectivity index (χ1v) is 9.44. The van der Waals surface area contributed by atoms with Crippen molar-refractivity contribution in [2.24, 2.45) is 0 Å². The number of nitrogens with one attached hydrogen (secondary N) is 1. The molecule has 0 spiro atoms. The third kappa shape index (κ3) is 4.11. The first-order valence-electron chi connectivity index (χ1n) is 8.56. The summed E-state index contributed by atoms with van der Waals surface area (Å²) in [6.07, 6.45) is 4.37. The standard InChI is InChI=1S/C19H21N5OS/c1-3-11-21-18(25)14(2)26-19-23-22-17(15-9-12-20-13-10-15)24(19)16-7-5-4-6-8-16/h4-10,12-14H,3,11H2,1-2H3,(H,21,25). The Morgan fingerprint density at radius 1 is 1.15 bits per heavy atom. The van der Waals surface area contributed by atoms with E-state index in [0.29, 0.717) is 11.7 Å². The Morgan fingerprint density at radius 3 is 2.58 bits per heavy atom. The highest BCUT2D eigenvalue weighted by atomic mass is 32.2. The molecule has 7 heteroatoms. The fourth-order valence-electron chi connectivity index (χ4n) is 2.45. The van der Waals surface area contributed by atoms with Crippen LogP contribution < -0.4 is 5.32 Å². The van der Waals surface area contributed by atoms with Gasteiger partial charge in [0.1, 0.15) is 0 Å². The van der Waals surface area contributed by atoms with Crippen LogP contribution in [0.2, 0.25) is 0 Å². The lowest BCUT2D eigenvalue weighted by Crippen LogP contribution is -2.31. The average molecular weight is 367 g/mol. The fourth-order valence-corrected chi connectivity index (χ4v) is 3.34. The minimum Gasteiger partial charge on any atom is -0.355 e. The number of amides is 1. The summed E-state index contributed by atoms with van der Waals surface area (Å²) in [6.45, 7) is 4.59. The molecule has 1 atom stereocenters. The third-order valence-corrected chi connectivity index (χ3v) is 4.83. The zero-order valence-corrected chi connectivity index (χ0v) is 15.6. The van der Waals surface area contributed by atoms with Gasteiger partial charge in [-0.1, -0.05) is 36.9 Å². The lowest BCUT2D eigenvalue weighted by atomic mass is 10.2. The zero-order chi connectivity index (χ0) is 18.4. The second kappa shape index (κ2) is 8.62. The van der Waals surface area contributed by atoms with E-state index in [4.69, 9.17) is 0 Å². The van der Waals surface area contributed by atoms with Crippen LogP contribution in [-0.4, -0.2) is 37.5 Å². The van der Waals surface area contributed by atoms with Crippen LogP contribution in [0.25, 0.3) is 17.1 Å². The molecule has 26 heavy (non-hydrogen) atoms. The summed E-state index contributed by atoms with van der Waals surface area (Å²) in [5.74, 6) is 0.729. The highest BCUT2D eigenvalue weighted by Crippen LogP contribution is 2.29. The molecule has 2 aromatic heterocycles. The number of thioether (sulfide) groups is 1. The van der Waals surface area contributed by atoms with Crippen molar-refractivity contribution in [1.82, 2.24) is 25.1 Å². The van der Waals surface area contributed by atoms with Gasteiger partial charge in [-0.3, -0.25) is 14.3 Å². The van der Waals surface area contributed by atoms with E-state index in [2.05, 4.69) is 20.5 Å². The van der Waals surface area contributed by atoms with Crippen molar-refractivity contribution in [1.29, 1.82) is 0 Å². The lowest BCUT2D eigenvalue weighted by molar-refractivity contribution is -0.120. The van der Waals surface area contributed by atoms with Gasteiger partial charge in [-0.2, -0.15) is 0 Å². The minimum absolute atomic E-state index is 0.00456. The van der Waals surface area contributed by atoms with Crippen LogP contribution in [0.3, 0.4) is 0 Å². The molecular formula is C19H21N5OS. The van der Waals surface area contributed by atoms with Crippen molar-refractivity contribution in [3.05, 3.63) is 54.9 Å². The normalized spacial score (nSPS) is 11.9. The molecule has 3 rings (SSSR count). The van der Waals surface area contributed by atoms with Gasteiger partial charge in [-0.05, 0) is 37.6 Å². The summed E-state index contributed by atoms with van der Waals surface area (Å²) < 4.78 is 1.98. The smallest absolute Gasteiger partial charge is 0.233 e. The molecular weight excluding hydrogens is 346 g/mol. The summed E-state index contributed by atoms with van der Waals surface area (Å²) >= 11 is 1.40. The van der Waals surface area contributed by atoms with Crippen molar-refractivity contribution < 1.29 is 4.79 Å². The van der Waals surface area contributed by atoms with E-state index in [9.17, 15) is 4.79 Å². The van der Waals surface area contributed by atoms with Crippen molar-refractivity contribution >= 4 is 17.7 Å². The first kappa shape index (κ1) is 18.1. The Labute approximate surface area is 157 Å². The molecule has 1 aromatic carbocycles. The van der Waals surface area contributed by atoms with E-state index in [1.807, 2.05) is 60.9 Å². The van der Waals surface area contributed by atoms with Gasteiger partial charge < -0.3 is 5.32 Å². The number of carbonyl (C=O) groups excluding carboxylic acids is 1. The van der Waals surface area contributed by atoms with Crippen molar-refractivity contribution in [3.8, 4) is 17.1 Å². The molecule has 0 radical (unpaired) electrons. The summed E-state index contributed by atoms with van der Waals surface area (Å²) in [4.78, 5) is 16.3. The van der Waals surface area contributed by atoms with Crippen LogP contribution >= 0.6 is 11.8 Å². The highest BCUT2D eigenvalue weighted by molar-refractivity contribution is 8.00. The molecule has 0 saturated carbocycles. The lowest BCUT2D eigenvalue weighted by Gasteiger charge is -2.13. The van der Waals surface area contributed by atoms with Crippen LogP contribution in [0, 0.1) is 0 Å². The maximum Gasteiger partial charge on any atom is 0.233 e. The third-order valence-electron chi connectivity index (χ3n) is 3.79. The van der Waals surface area contributed by atoms with Crippen LogP contribution in [-0.2, 0) is 4.79 Å². The Morgan fingerprint density at radius 2 is 1.88 bits per heavy atom. The highest BCUT2D eigenvalue weighted by Gasteiger charge is 2.21. The second-order valence-corrected chi connectivity index (χ2v) is 7.07. The van der Waals surface area contributed by atoms with E-state index in [1.165, 1.54) is 11.8 Å². The van der Waals surface area contributed by atoms with E-state index < -0.39 is 0 Å². The number of carbonyl (C=O) groups is 1.